The molecule has 47 heavy (non-hydrogen) atoms. The minimum atomic E-state index is -6.00. The Morgan fingerprint density at radius 1 is 0.362 bits per heavy atom. The fraction of sp³-hybridized carbons (Fsp3) is 0.250. The molecule has 0 aromatic heterocycles. The molecular weight excluding hydrogens is 840 g/mol. The summed E-state index contributed by atoms with van der Waals surface area (Å²) in [5, 5.41) is 0. The van der Waals surface area contributed by atoms with E-state index in [1.165, 1.54) is 18.3 Å². The molecule has 0 bridgehead atoms. The molecule has 0 N–H and O–H groups in total. The number of halogens is 25. The highest BCUT2D eigenvalue weighted by molar-refractivity contribution is 6.51. The van der Waals surface area contributed by atoms with Crippen molar-refractivity contribution in [3.8, 4) is 0 Å². The highest BCUT2D eigenvalue weighted by atomic mass is 127. The van der Waals surface area contributed by atoms with E-state index in [-0.39, 0.29) is 21.2 Å². The van der Waals surface area contributed by atoms with Gasteiger partial charge in [-0.15, -0.1) is 0 Å². The summed E-state index contributed by atoms with van der Waals surface area (Å²) >= 11 is -0.0167. The molecule has 0 spiro atoms. The van der Waals surface area contributed by atoms with Crippen molar-refractivity contribution in [2.75, 3.05) is 0 Å². The van der Waals surface area contributed by atoms with Crippen molar-refractivity contribution in [3.05, 3.63) is 66.8 Å². The van der Waals surface area contributed by atoms with Gasteiger partial charge in [-0.05, 0) is 42.7 Å². The average molecular weight is 858 g/mol. The second kappa shape index (κ2) is 24.1. The Morgan fingerprint density at radius 3 is 0.702 bits per heavy atom. The lowest BCUT2D eigenvalue weighted by molar-refractivity contribution is -0.597. The van der Waals surface area contributed by atoms with E-state index in [0.29, 0.717) is 5.92 Å². The van der Waals surface area contributed by atoms with E-state index < -0.39 is 43.5 Å². The molecule has 2 aromatic rings. The summed E-state index contributed by atoms with van der Waals surface area (Å²) in [6, 6.07) is 18.1. The van der Waals surface area contributed by atoms with Crippen molar-refractivity contribution in [3.63, 3.8) is 0 Å². The lowest BCUT2D eigenvalue weighted by Crippen LogP contribution is -3.61. The Hall–Kier alpha value is -2.12. The van der Waals surface area contributed by atoms with E-state index in [9.17, 15) is 104 Å². The maximum Gasteiger partial charge on any atom is 0.673 e. The highest BCUT2D eigenvalue weighted by Gasteiger charge is 2.23. The van der Waals surface area contributed by atoms with Gasteiger partial charge in [0.2, 0.25) is 0 Å². The Bertz CT molecular complexity index is 883. The predicted octanol–water partition coefficient (Wildman–Crippen LogP) is 9.05. The molecule has 31 heteroatoms. The number of rotatable bonds is 3. The van der Waals surface area contributed by atoms with Crippen LogP contribution in [0.15, 0.2) is 48.5 Å². The van der Waals surface area contributed by atoms with Gasteiger partial charge in [0, 0.05) is 0 Å². The molecule has 2 rings (SSSR count). The summed E-state index contributed by atoms with van der Waals surface area (Å²) in [6.07, 6.45) is 0. The molecule has 0 radical (unpaired) electrons. The van der Waals surface area contributed by atoms with Gasteiger partial charge in [0.25, 0.3) is 0 Å². The maximum absolute atomic E-state index is 9.75. The van der Waals surface area contributed by atoms with Gasteiger partial charge in [0.1, 0.15) is 0 Å². The van der Waals surface area contributed by atoms with E-state index in [0.717, 1.165) is 0 Å². The lowest BCUT2D eigenvalue weighted by atomic mass is 10.0. The van der Waals surface area contributed by atoms with Gasteiger partial charge < -0.3 is 104 Å². The van der Waals surface area contributed by atoms with Crippen LogP contribution in [0.4, 0.5) is 104 Å². The minimum Gasteiger partial charge on any atom is -0.418 e. The second-order valence-electron chi connectivity index (χ2n) is 7.57. The number of hydrogen-bond acceptors (Lipinski definition) is 0. The van der Waals surface area contributed by atoms with Gasteiger partial charge in [-0.1, -0.05) is 43.7 Å². The zero-order valence-corrected chi connectivity index (χ0v) is 25.3. The first-order chi connectivity index (χ1) is 20.1. The Morgan fingerprint density at radius 2 is 0.532 bits per heavy atom. The monoisotopic (exact) mass is 859 g/mol. The summed E-state index contributed by atoms with van der Waals surface area (Å²) < 4.78 is 237. The molecule has 0 heterocycles. The lowest BCUT2D eigenvalue weighted by Gasteiger charge is -2.02. The molecule has 2 aromatic carbocycles. The summed E-state index contributed by atoms with van der Waals surface area (Å²) in [4.78, 5) is 0. The molecular formula is C16H18B6F24I-5. The molecule has 0 saturated heterocycles. The zero-order chi connectivity index (χ0) is 39.3. The van der Waals surface area contributed by atoms with Gasteiger partial charge in [-0.3, -0.25) is 0 Å². The molecule has 0 unspecified atom stereocenters. The molecule has 0 saturated carbocycles. The first-order valence-corrected chi connectivity index (χ1v) is 13.4. The summed E-state index contributed by atoms with van der Waals surface area (Å²) in [5.41, 5.74) is 2.77. The van der Waals surface area contributed by atoms with Crippen LogP contribution < -0.4 is 21.2 Å². The fourth-order valence-electron chi connectivity index (χ4n) is 1.63. The fourth-order valence-corrected chi connectivity index (χ4v) is 3.79. The standard InChI is InChI=1S/C16H18I.6BF4/c1-12(2)14-6-10-16(11-7-14)17-15-8-4-13(3)5-9-15;6*2-1(3,4)5/h4-12H,1-3H3;;;;;;/q+1;6*-1. The van der Waals surface area contributed by atoms with Gasteiger partial charge in [-0.2, -0.15) is 0 Å². The first kappa shape index (κ1) is 54.3. The molecule has 0 aliphatic carbocycles. The smallest absolute Gasteiger partial charge is 0.418 e. The Labute approximate surface area is 261 Å². The van der Waals surface area contributed by atoms with Crippen LogP contribution in [0.5, 0.6) is 0 Å². The zero-order valence-electron chi connectivity index (χ0n) is 23.1. The quantitative estimate of drug-likeness (QED) is 0.164. The van der Waals surface area contributed by atoms with Crippen LogP contribution in [0.2, 0.25) is 0 Å². The SMILES string of the molecule is Cc1ccc([I+]c2ccc(C(C)C)cc2)cc1.F[B-](F)(F)F.F[B-](F)(F)F.F[B-](F)(F)F.F[B-](F)(F)F.F[B-](F)(F)F.F[B-](F)(F)F. The molecule has 0 aliphatic rings. The molecule has 0 nitrogen and oxygen atoms in total. The van der Waals surface area contributed by atoms with Crippen LogP contribution >= 0.6 is 0 Å². The second-order valence-corrected chi connectivity index (χ2v) is 10.6. The summed E-state index contributed by atoms with van der Waals surface area (Å²) in [5.74, 6) is 0.627. The topological polar surface area (TPSA) is 0 Å². The van der Waals surface area contributed by atoms with Crippen molar-refractivity contribution >= 4 is 43.5 Å². The van der Waals surface area contributed by atoms with E-state index in [1.807, 2.05) is 0 Å². The minimum absolute atomic E-state index is 0.0167. The third kappa shape index (κ3) is 115. The van der Waals surface area contributed by atoms with Crippen molar-refractivity contribution < 1.29 is 125 Å². The van der Waals surface area contributed by atoms with Gasteiger partial charge in [0.05, 0.1) is 0 Å². The highest BCUT2D eigenvalue weighted by Crippen LogP contribution is 2.12. The number of hydrogen-bond donors (Lipinski definition) is 0. The van der Waals surface area contributed by atoms with E-state index in [1.54, 1.807) is 0 Å². The number of benzene rings is 2. The largest absolute Gasteiger partial charge is 0.673 e. The molecule has 280 valence electrons. The average Bonchev–Trinajstić information content (AvgIpc) is 2.68. The third-order valence-electron chi connectivity index (χ3n) is 2.77. The molecule has 0 fully saturated rings. The van der Waals surface area contributed by atoms with Crippen LogP contribution in [0.25, 0.3) is 0 Å². The van der Waals surface area contributed by atoms with Gasteiger partial charge in [0.15, 0.2) is 7.14 Å². The normalized spacial score (nSPS) is 11.6. The molecule has 0 aliphatic heterocycles. The number of aryl methyl sites for hydroxylation is 1. The van der Waals surface area contributed by atoms with Crippen LogP contribution in [0.3, 0.4) is 0 Å². The van der Waals surface area contributed by atoms with Gasteiger partial charge >= 0.3 is 64.7 Å². The van der Waals surface area contributed by atoms with Crippen LogP contribution in [0.1, 0.15) is 30.9 Å². The van der Waals surface area contributed by atoms with Crippen LogP contribution in [-0.2, 0) is 0 Å². The maximum atomic E-state index is 9.75. The third-order valence-corrected chi connectivity index (χ3v) is 5.45. The van der Waals surface area contributed by atoms with E-state index >= 15 is 0 Å². The van der Waals surface area contributed by atoms with Crippen LogP contribution in [-0.4, -0.2) is 43.5 Å². The van der Waals surface area contributed by atoms with Crippen molar-refractivity contribution in [1.29, 1.82) is 0 Å². The van der Waals surface area contributed by atoms with E-state index in [2.05, 4.69) is 69.3 Å². The van der Waals surface area contributed by atoms with Crippen LogP contribution in [0, 0.1) is 14.1 Å². The van der Waals surface area contributed by atoms with Crippen molar-refractivity contribution in [2.45, 2.75) is 26.7 Å². The Kier molecular flexibility index (Phi) is 27.8. The summed E-state index contributed by atoms with van der Waals surface area (Å²) in [7, 11) is -36.0. The van der Waals surface area contributed by atoms with Crippen molar-refractivity contribution in [1.82, 2.24) is 0 Å². The predicted molar refractivity (Wildman–Crippen MR) is 130 cm³/mol. The Balaban J connectivity index is -0.000000164. The molecule has 0 amide bonds. The first-order valence-electron chi connectivity index (χ1n) is 11.2. The summed E-state index contributed by atoms with van der Waals surface area (Å²) in [6.45, 7) is 6.62. The molecule has 0 atom stereocenters. The van der Waals surface area contributed by atoms with Crippen molar-refractivity contribution in [2.24, 2.45) is 0 Å². The van der Waals surface area contributed by atoms with E-state index in [4.69, 9.17) is 0 Å². The van der Waals surface area contributed by atoms with Gasteiger partial charge in [-0.25, -0.2) is 0 Å².